The monoisotopic (exact) mass is 421 g/mol. The lowest BCUT2D eigenvalue weighted by Gasteiger charge is -2.17. The molecule has 152 valence electrons. The third-order valence-electron chi connectivity index (χ3n) is 4.47. The Balaban J connectivity index is 1.54. The Labute approximate surface area is 176 Å². The second kappa shape index (κ2) is 8.42. The van der Waals surface area contributed by atoms with Gasteiger partial charge in [0.15, 0.2) is 11.0 Å². The molecule has 1 amide bonds. The van der Waals surface area contributed by atoms with Gasteiger partial charge in [0, 0.05) is 0 Å². The number of imidazole rings is 1. The van der Waals surface area contributed by atoms with Gasteiger partial charge in [-0.2, -0.15) is 0 Å². The maximum atomic E-state index is 12.7. The van der Waals surface area contributed by atoms with Crippen LogP contribution in [0.2, 0.25) is 0 Å². The number of hydrogen-bond acceptors (Lipinski definition) is 6. The lowest BCUT2D eigenvalue weighted by atomic mass is 10.1. The molecule has 0 atom stereocenters. The van der Waals surface area contributed by atoms with Crippen molar-refractivity contribution in [3.8, 4) is 11.5 Å². The molecule has 1 aliphatic rings. The normalized spacial score (nSPS) is 15.3. The van der Waals surface area contributed by atoms with Gasteiger partial charge in [0.25, 0.3) is 5.91 Å². The molecule has 3 aromatic rings. The number of rotatable bonds is 5. The first-order valence-electron chi connectivity index (χ1n) is 9.07. The Kier molecular flexibility index (Phi) is 5.53. The minimum atomic E-state index is -0.407. The predicted octanol–water partition coefficient (Wildman–Crippen LogP) is 3.36. The number of amides is 1. The molecule has 2 aromatic carbocycles. The van der Waals surface area contributed by atoms with Crippen molar-refractivity contribution in [1.29, 1.82) is 5.41 Å². The number of thioether (sulfide) groups is 1. The number of nitrogens with one attached hydrogen (secondary N) is 3. The molecule has 1 aliphatic heterocycles. The Bertz CT molecular complexity index is 1140. The van der Waals surface area contributed by atoms with Gasteiger partial charge in [-0.15, -0.1) is 0 Å². The van der Waals surface area contributed by atoms with Gasteiger partial charge in [0.05, 0.1) is 42.1 Å². The first-order chi connectivity index (χ1) is 14.6. The number of para-hydroxylation sites is 2. The van der Waals surface area contributed by atoms with Gasteiger partial charge >= 0.3 is 0 Å². The van der Waals surface area contributed by atoms with Crippen molar-refractivity contribution in [3.63, 3.8) is 0 Å². The Morgan fingerprint density at radius 3 is 2.50 bits per heavy atom. The molecule has 0 radical (unpaired) electrons. The number of ether oxygens (including phenoxy) is 2. The number of aliphatic imine (C=N–C) groups is 1. The van der Waals surface area contributed by atoms with Crippen LogP contribution in [-0.4, -0.2) is 41.1 Å². The number of aromatic nitrogens is 2. The fraction of sp³-hybridized carbons (Fsp3) is 0.143. The van der Waals surface area contributed by atoms with E-state index in [1.54, 1.807) is 24.3 Å². The Morgan fingerprint density at radius 1 is 1.10 bits per heavy atom. The summed E-state index contributed by atoms with van der Waals surface area (Å²) in [4.78, 5) is 24.6. The minimum absolute atomic E-state index is 0.126. The third kappa shape index (κ3) is 3.92. The number of nitrogens with zero attached hydrogens (tertiary/aromatic N) is 2. The van der Waals surface area contributed by atoms with Crippen molar-refractivity contribution in [1.82, 2.24) is 15.3 Å². The van der Waals surface area contributed by atoms with Crippen molar-refractivity contribution in [3.05, 3.63) is 59.4 Å². The van der Waals surface area contributed by atoms with E-state index in [1.807, 2.05) is 24.3 Å². The lowest BCUT2D eigenvalue weighted by Crippen LogP contribution is -2.37. The van der Waals surface area contributed by atoms with Crippen LogP contribution in [0.1, 0.15) is 11.4 Å². The van der Waals surface area contributed by atoms with Gasteiger partial charge < -0.3 is 19.8 Å². The molecule has 4 rings (SSSR count). The summed E-state index contributed by atoms with van der Waals surface area (Å²) in [6.45, 7) is 0. The van der Waals surface area contributed by atoms with Crippen LogP contribution in [0.15, 0.2) is 53.0 Å². The van der Waals surface area contributed by atoms with E-state index in [0.29, 0.717) is 28.0 Å². The fourth-order valence-electron chi connectivity index (χ4n) is 3.04. The molecule has 0 spiro atoms. The number of carbonyl (C=O) groups excluding carboxylic acids is 1. The summed E-state index contributed by atoms with van der Waals surface area (Å²) in [6, 6.07) is 13.1. The van der Waals surface area contributed by atoms with E-state index < -0.39 is 5.91 Å². The van der Waals surface area contributed by atoms with E-state index in [-0.39, 0.29) is 11.4 Å². The number of H-pyrrole nitrogens is 1. The van der Waals surface area contributed by atoms with Crippen LogP contribution in [0.5, 0.6) is 11.5 Å². The first-order valence-corrected chi connectivity index (χ1v) is 10.1. The van der Waals surface area contributed by atoms with Gasteiger partial charge in [-0.3, -0.25) is 10.2 Å². The SMILES string of the molecule is COc1cccc(OC)c1/C=C1\C(=N)N=C(SCc2nc3ccccc3[nH]2)NC1=O. The highest BCUT2D eigenvalue weighted by atomic mass is 32.2. The first kappa shape index (κ1) is 19.7. The molecular weight excluding hydrogens is 402 g/mol. The van der Waals surface area contributed by atoms with Crippen molar-refractivity contribution in [2.45, 2.75) is 5.75 Å². The minimum Gasteiger partial charge on any atom is -0.496 e. The van der Waals surface area contributed by atoms with Crippen LogP contribution in [0, 0.1) is 5.41 Å². The highest BCUT2D eigenvalue weighted by Gasteiger charge is 2.24. The molecule has 0 fully saturated rings. The summed E-state index contributed by atoms with van der Waals surface area (Å²) in [5.41, 5.74) is 2.54. The molecule has 0 aliphatic carbocycles. The third-order valence-corrected chi connectivity index (χ3v) is 5.36. The zero-order valence-corrected chi connectivity index (χ0v) is 17.2. The fourth-order valence-corrected chi connectivity index (χ4v) is 3.77. The van der Waals surface area contributed by atoms with Gasteiger partial charge in [0.2, 0.25) is 0 Å². The smallest absolute Gasteiger partial charge is 0.261 e. The maximum absolute atomic E-state index is 12.7. The molecular formula is C21H19N5O3S. The largest absolute Gasteiger partial charge is 0.496 e. The van der Waals surface area contributed by atoms with Crippen LogP contribution < -0.4 is 14.8 Å². The highest BCUT2D eigenvalue weighted by Crippen LogP contribution is 2.31. The number of fused-ring (bicyclic) bond motifs is 1. The van der Waals surface area contributed by atoms with E-state index in [4.69, 9.17) is 14.9 Å². The van der Waals surface area contributed by atoms with E-state index in [1.165, 1.54) is 26.0 Å². The quantitative estimate of drug-likeness (QED) is 0.547. The summed E-state index contributed by atoms with van der Waals surface area (Å²) < 4.78 is 10.7. The molecule has 8 nitrogen and oxygen atoms in total. The van der Waals surface area contributed by atoms with Crippen LogP contribution >= 0.6 is 11.8 Å². The summed E-state index contributed by atoms with van der Waals surface area (Å²) in [7, 11) is 3.07. The van der Waals surface area contributed by atoms with Crippen molar-refractivity contribution >= 4 is 45.8 Å². The number of amidine groups is 2. The molecule has 30 heavy (non-hydrogen) atoms. The van der Waals surface area contributed by atoms with Crippen molar-refractivity contribution < 1.29 is 14.3 Å². The van der Waals surface area contributed by atoms with E-state index >= 15 is 0 Å². The number of carbonyl (C=O) groups is 1. The number of methoxy groups -OCH3 is 2. The van der Waals surface area contributed by atoms with Crippen LogP contribution in [0.3, 0.4) is 0 Å². The standard InChI is InChI=1S/C21H19N5O3S/c1-28-16-8-5-9-17(29-2)12(16)10-13-19(22)25-21(26-20(13)27)30-11-18-23-14-6-3-4-7-15(14)24-18/h3-10H,11H2,1-2H3,(H,23,24)(H2,22,25,26,27)/b13-10+. The van der Waals surface area contributed by atoms with Gasteiger partial charge in [-0.25, -0.2) is 9.98 Å². The number of benzene rings is 2. The average molecular weight is 421 g/mol. The van der Waals surface area contributed by atoms with Crippen LogP contribution in [0.25, 0.3) is 17.1 Å². The zero-order valence-electron chi connectivity index (χ0n) is 16.4. The summed E-state index contributed by atoms with van der Waals surface area (Å²) in [6.07, 6.45) is 1.56. The number of aromatic amines is 1. The second-order valence-electron chi connectivity index (χ2n) is 6.34. The van der Waals surface area contributed by atoms with E-state index in [2.05, 4.69) is 20.3 Å². The van der Waals surface area contributed by atoms with Gasteiger partial charge in [0.1, 0.15) is 17.3 Å². The predicted molar refractivity (Wildman–Crippen MR) is 118 cm³/mol. The Morgan fingerprint density at radius 2 is 1.83 bits per heavy atom. The van der Waals surface area contributed by atoms with Crippen LogP contribution in [-0.2, 0) is 10.5 Å². The van der Waals surface area contributed by atoms with E-state index in [9.17, 15) is 4.79 Å². The molecule has 0 saturated carbocycles. The molecule has 3 N–H and O–H groups in total. The summed E-state index contributed by atoms with van der Waals surface area (Å²) in [5, 5.41) is 11.3. The molecule has 2 heterocycles. The molecule has 0 unspecified atom stereocenters. The summed E-state index contributed by atoms with van der Waals surface area (Å²) in [5.74, 6) is 1.80. The maximum Gasteiger partial charge on any atom is 0.261 e. The lowest BCUT2D eigenvalue weighted by molar-refractivity contribution is -0.115. The second-order valence-corrected chi connectivity index (χ2v) is 7.31. The van der Waals surface area contributed by atoms with Gasteiger partial charge in [-0.05, 0) is 30.3 Å². The highest BCUT2D eigenvalue weighted by molar-refractivity contribution is 8.13. The molecule has 1 aromatic heterocycles. The zero-order chi connectivity index (χ0) is 21.1. The number of hydrogen-bond donors (Lipinski definition) is 3. The van der Waals surface area contributed by atoms with Crippen molar-refractivity contribution in [2.24, 2.45) is 4.99 Å². The summed E-state index contributed by atoms with van der Waals surface area (Å²) >= 11 is 1.30. The van der Waals surface area contributed by atoms with Crippen molar-refractivity contribution in [2.75, 3.05) is 14.2 Å². The van der Waals surface area contributed by atoms with Gasteiger partial charge in [-0.1, -0.05) is 30.0 Å². The van der Waals surface area contributed by atoms with E-state index in [0.717, 1.165) is 16.9 Å². The molecule has 9 heteroatoms. The topological polar surface area (TPSA) is 112 Å². The Hall–Kier alpha value is -3.59. The molecule has 0 bridgehead atoms. The average Bonchev–Trinajstić information content (AvgIpc) is 3.17. The van der Waals surface area contributed by atoms with Crippen LogP contribution in [0.4, 0.5) is 0 Å². The molecule has 0 saturated heterocycles.